The first-order valence-corrected chi connectivity index (χ1v) is 12.7. The smallest absolute Gasteiger partial charge is 0.224 e. The predicted octanol–water partition coefficient (Wildman–Crippen LogP) is 2.69. The Labute approximate surface area is 192 Å². The van der Waals surface area contributed by atoms with Gasteiger partial charge in [-0.15, -0.1) is 0 Å². The number of sulfone groups is 1. The van der Waals surface area contributed by atoms with E-state index in [-0.39, 0.29) is 11.7 Å². The van der Waals surface area contributed by atoms with Gasteiger partial charge in [0.2, 0.25) is 5.91 Å². The number of amides is 1. The highest BCUT2D eigenvalue weighted by atomic mass is 32.2. The fourth-order valence-corrected chi connectivity index (χ4v) is 4.21. The molecule has 1 saturated heterocycles. The first-order valence-electron chi connectivity index (χ1n) is 10.7. The predicted molar refractivity (Wildman–Crippen MR) is 125 cm³/mol. The molecule has 1 fully saturated rings. The lowest BCUT2D eigenvalue weighted by molar-refractivity contribution is -0.116. The SMILES string of the molecule is CS(=O)(=O)Cc1cc(N2CCOCC2)nc(-c2ccc(NC(=O)CCc3ccco3)cc2)n1. The molecule has 2 aromatic heterocycles. The van der Waals surface area contributed by atoms with E-state index in [1.165, 1.54) is 6.26 Å². The second-order valence-electron chi connectivity index (χ2n) is 7.92. The molecule has 10 heteroatoms. The number of carbonyl (C=O) groups is 1. The van der Waals surface area contributed by atoms with Crippen molar-refractivity contribution in [3.05, 3.63) is 60.2 Å². The van der Waals surface area contributed by atoms with Gasteiger partial charge in [0.1, 0.15) is 11.6 Å². The van der Waals surface area contributed by atoms with Gasteiger partial charge in [0, 0.05) is 49.5 Å². The van der Waals surface area contributed by atoms with Crippen molar-refractivity contribution in [3.8, 4) is 11.4 Å². The molecule has 0 spiro atoms. The van der Waals surface area contributed by atoms with Crippen molar-refractivity contribution in [2.75, 3.05) is 42.8 Å². The second kappa shape index (κ2) is 10.1. The number of anilines is 2. The topological polar surface area (TPSA) is 115 Å². The monoisotopic (exact) mass is 470 g/mol. The first kappa shape index (κ1) is 22.9. The fraction of sp³-hybridized carbons (Fsp3) is 0.348. The summed E-state index contributed by atoms with van der Waals surface area (Å²) in [4.78, 5) is 23.4. The summed E-state index contributed by atoms with van der Waals surface area (Å²) in [7, 11) is -3.25. The van der Waals surface area contributed by atoms with E-state index in [2.05, 4.69) is 20.2 Å². The van der Waals surface area contributed by atoms with Crippen LogP contribution in [0.3, 0.4) is 0 Å². The zero-order valence-electron chi connectivity index (χ0n) is 18.4. The maximum absolute atomic E-state index is 12.2. The van der Waals surface area contributed by atoms with Crippen LogP contribution in [-0.2, 0) is 31.5 Å². The summed E-state index contributed by atoms with van der Waals surface area (Å²) in [5, 5.41) is 2.87. The number of hydrogen-bond acceptors (Lipinski definition) is 8. The second-order valence-corrected chi connectivity index (χ2v) is 10.1. The van der Waals surface area contributed by atoms with Gasteiger partial charge in [0.15, 0.2) is 15.7 Å². The molecule has 3 aromatic rings. The van der Waals surface area contributed by atoms with Gasteiger partial charge in [-0.2, -0.15) is 0 Å². The molecule has 0 saturated carbocycles. The van der Waals surface area contributed by atoms with Crippen molar-refractivity contribution in [2.24, 2.45) is 0 Å². The Hall–Kier alpha value is -3.24. The molecule has 0 bridgehead atoms. The minimum atomic E-state index is -3.25. The van der Waals surface area contributed by atoms with E-state index in [0.29, 0.717) is 62.2 Å². The normalized spacial score (nSPS) is 14.3. The van der Waals surface area contributed by atoms with Gasteiger partial charge in [0.25, 0.3) is 0 Å². The molecule has 1 amide bonds. The third-order valence-electron chi connectivity index (χ3n) is 5.12. The number of nitrogens with zero attached hydrogens (tertiary/aromatic N) is 3. The highest BCUT2D eigenvalue weighted by molar-refractivity contribution is 7.89. The van der Waals surface area contributed by atoms with Crippen LogP contribution in [0.25, 0.3) is 11.4 Å². The highest BCUT2D eigenvalue weighted by Crippen LogP contribution is 2.23. The highest BCUT2D eigenvalue weighted by Gasteiger charge is 2.17. The standard InChI is InChI=1S/C23H26N4O5S/c1-33(29,30)16-19-15-21(27-10-13-31-14-11-27)26-23(25-19)17-4-6-18(7-5-17)24-22(28)9-8-20-3-2-12-32-20/h2-7,12,15H,8-11,13-14,16H2,1H3,(H,24,28). The van der Waals surface area contributed by atoms with Crippen LogP contribution in [0.15, 0.2) is 53.1 Å². The Morgan fingerprint density at radius 3 is 2.55 bits per heavy atom. The molecule has 33 heavy (non-hydrogen) atoms. The number of hydrogen-bond donors (Lipinski definition) is 1. The summed E-state index contributed by atoms with van der Waals surface area (Å²) in [6, 6.07) is 12.5. The molecule has 0 atom stereocenters. The maximum Gasteiger partial charge on any atom is 0.224 e. The molecule has 3 heterocycles. The summed E-state index contributed by atoms with van der Waals surface area (Å²) in [5.41, 5.74) is 1.83. The molecular weight excluding hydrogens is 444 g/mol. The number of benzene rings is 1. The molecule has 0 aliphatic carbocycles. The van der Waals surface area contributed by atoms with E-state index < -0.39 is 9.84 Å². The Morgan fingerprint density at radius 1 is 1.12 bits per heavy atom. The van der Waals surface area contributed by atoms with Crippen LogP contribution >= 0.6 is 0 Å². The molecule has 1 aliphatic heterocycles. The summed E-state index contributed by atoms with van der Waals surface area (Å²) < 4.78 is 34.4. The number of aromatic nitrogens is 2. The Morgan fingerprint density at radius 2 is 1.88 bits per heavy atom. The number of morpholine rings is 1. The van der Waals surface area contributed by atoms with Gasteiger partial charge in [-0.1, -0.05) is 0 Å². The van der Waals surface area contributed by atoms with E-state index in [4.69, 9.17) is 9.15 Å². The van der Waals surface area contributed by atoms with E-state index in [1.54, 1.807) is 30.5 Å². The zero-order chi connectivity index (χ0) is 23.3. The van der Waals surface area contributed by atoms with Crippen molar-refractivity contribution in [2.45, 2.75) is 18.6 Å². The van der Waals surface area contributed by atoms with Crippen LogP contribution in [0.5, 0.6) is 0 Å². The van der Waals surface area contributed by atoms with Gasteiger partial charge < -0.3 is 19.4 Å². The molecule has 9 nitrogen and oxygen atoms in total. The average molecular weight is 471 g/mol. The lowest BCUT2D eigenvalue weighted by atomic mass is 10.1. The quantitative estimate of drug-likeness (QED) is 0.534. The Balaban J connectivity index is 1.50. The van der Waals surface area contributed by atoms with Crippen LogP contribution in [0.1, 0.15) is 17.9 Å². The Bertz CT molecular complexity index is 1190. The van der Waals surface area contributed by atoms with E-state index in [1.807, 2.05) is 18.2 Å². The van der Waals surface area contributed by atoms with Crippen molar-refractivity contribution in [1.82, 2.24) is 9.97 Å². The molecule has 0 unspecified atom stereocenters. The molecule has 1 aliphatic rings. The zero-order valence-corrected chi connectivity index (χ0v) is 19.2. The minimum absolute atomic E-state index is 0.111. The van der Waals surface area contributed by atoms with Crippen molar-refractivity contribution < 1.29 is 22.4 Å². The number of rotatable bonds is 8. The van der Waals surface area contributed by atoms with Crippen LogP contribution in [0.2, 0.25) is 0 Å². The summed E-state index contributed by atoms with van der Waals surface area (Å²) in [6.07, 6.45) is 3.62. The van der Waals surface area contributed by atoms with Gasteiger partial charge in [0.05, 0.1) is 30.9 Å². The molecule has 1 N–H and O–H groups in total. The first-order chi connectivity index (χ1) is 15.9. The Kier molecular flexibility index (Phi) is 7.05. The molecule has 1 aromatic carbocycles. The van der Waals surface area contributed by atoms with Crippen LogP contribution < -0.4 is 10.2 Å². The van der Waals surface area contributed by atoms with Crippen LogP contribution in [0.4, 0.5) is 11.5 Å². The number of carbonyl (C=O) groups excluding carboxylic acids is 1. The summed E-state index contributed by atoms with van der Waals surface area (Å²) >= 11 is 0. The summed E-state index contributed by atoms with van der Waals surface area (Å²) in [6.45, 7) is 2.54. The third kappa shape index (κ3) is 6.62. The van der Waals surface area contributed by atoms with Gasteiger partial charge in [-0.25, -0.2) is 18.4 Å². The van der Waals surface area contributed by atoms with Crippen molar-refractivity contribution in [3.63, 3.8) is 0 Å². The lowest BCUT2D eigenvalue weighted by Gasteiger charge is -2.28. The fourth-order valence-electron chi connectivity index (χ4n) is 3.53. The molecule has 174 valence electrons. The maximum atomic E-state index is 12.2. The number of furan rings is 1. The largest absolute Gasteiger partial charge is 0.469 e. The van der Waals surface area contributed by atoms with Gasteiger partial charge in [-0.05, 0) is 36.4 Å². The van der Waals surface area contributed by atoms with Gasteiger partial charge >= 0.3 is 0 Å². The molecule has 4 rings (SSSR count). The van der Waals surface area contributed by atoms with Gasteiger partial charge in [-0.3, -0.25) is 4.79 Å². The van der Waals surface area contributed by atoms with E-state index in [0.717, 1.165) is 11.3 Å². The number of aryl methyl sites for hydroxylation is 1. The average Bonchev–Trinajstić information content (AvgIpc) is 3.31. The third-order valence-corrected chi connectivity index (χ3v) is 5.94. The van der Waals surface area contributed by atoms with E-state index in [9.17, 15) is 13.2 Å². The minimum Gasteiger partial charge on any atom is -0.469 e. The van der Waals surface area contributed by atoms with Crippen LogP contribution in [-0.4, -0.2) is 56.9 Å². The van der Waals surface area contributed by atoms with Crippen molar-refractivity contribution in [1.29, 1.82) is 0 Å². The summed E-state index contributed by atoms with van der Waals surface area (Å²) in [5.74, 6) is 1.61. The number of nitrogens with one attached hydrogen (secondary N) is 1. The number of ether oxygens (including phenoxy) is 1. The van der Waals surface area contributed by atoms with Crippen LogP contribution in [0, 0.1) is 0 Å². The van der Waals surface area contributed by atoms with Crippen molar-refractivity contribution >= 4 is 27.2 Å². The molecule has 0 radical (unpaired) electrons. The lowest BCUT2D eigenvalue weighted by Crippen LogP contribution is -2.37. The molecular formula is C23H26N4O5S. The van der Waals surface area contributed by atoms with E-state index >= 15 is 0 Å².